The quantitative estimate of drug-likeness (QED) is 0.747. The van der Waals surface area contributed by atoms with Crippen molar-refractivity contribution in [2.45, 2.75) is 13.0 Å². The van der Waals surface area contributed by atoms with Crippen molar-refractivity contribution < 1.29 is 14.3 Å². The van der Waals surface area contributed by atoms with E-state index in [0.29, 0.717) is 17.9 Å². The van der Waals surface area contributed by atoms with E-state index in [4.69, 9.17) is 4.74 Å². The van der Waals surface area contributed by atoms with Crippen LogP contribution in [0.4, 0.5) is 0 Å². The average Bonchev–Trinajstić information content (AvgIpc) is 3.07. The number of hydrogen-bond acceptors (Lipinski definition) is 5. The fourth-order valence-electron chi connectivity index (χ4n) is 2.21. The number of carbonyl (C=O) groups excluding carboxylic acids is 2. The second-order valence-electron chi connectivity index (χ2n) is 5.67. The third-order valence-electron chi connectivity index (χ3n) is 3.62. The molecule has 1 unspecified atom stereocenters. The van der Waals surface area contributed by atoms with Crippen molar-refractivity contribution >= 4 is 23.0 Å². The van der Waals surface area contributed by atoms with Crippen LogP contribution in [0.5, 0.6) is 5.75 Å². The molecule has 5 nitrogen and oxygen atoms in total. The lowest BCUT2D eigenvalue weighted by atomic mass is 10.1. The number of carbonyl (C=O) groups is 2. The highest BCUT2D eigenvalue weighted by Crippen LogP contribution is 2.22. The van der Waals surface area contributed by atoms with E-state index in [-0.39, 0.29) is 24.3 Å². The third-order valence-corrected chi connectivity index (χ3v) is 4.59. The van der Waals surface area contributed by atoms with Gasteiger partial charge in [0.1, 0.15) is 5.75 Å². The standard InChI is InChI=1S/C18H22N2O3S/c1-13(21)14-6-8-15(9-7-14)23-12-18(22)19-11-16(20(2)3)17-5-4-10-24-17/h4-10,16H,11-12H2,1-3H3,(H,19,22). The maximum absolute atomic E-state index is 12.0. The topological polar surface area (TPSA) is 58.6 Å². The number of thiophene rings is 1. The van der Waals surface area contributed by atoms with E-state index in [2.05, 4.69) is 16.3 Å². The predicted molar refractivity (Wildman–Crippen MR) is 95.7 cm³/mol. The lowest BCUT2D eigenvalue weighted by Gasteiger charge is -2.23. The maximum atomic E-state index is 12.0. The van der Waals surface area contributed by atoms with Crippen LogP contribution in [-0.4, -0.2) is 43.8 Å². The highest BCUT2D eigenvalue weighted by molar-refractivity contribution is 7.10. The van der Waals surface area contributed by atoms with Crippen LogP contribution >= 0.6 is 11.3 Å². The van der Waals surface area contributed by atoms with Crippen LogP contribution < -0.4 is 10.1 Å². The fraction of sp³-hybridized carbons (Fsp3) is 0.333. The van der Waals surface area contributed by atoms with Gasteiger partial charge < -0.3 is 15.0 Å². The molecule has 1 aromatic carbocycles. The molecule has 0 bridgehead atoms. The Morgan fingerprint density at radius 3 is 2.46 bits per heavy atom. The molecule has 2 rings (SSSR count). The van der Waals surface area contributed by atoms with Crippen molar-refractivity contribution in [2.24, 2.45) is 0 Å². The molecule has 1 N–H and O–H groups in total. The molecule has 24 heavy (non-hydrogen) atoms. The zero-order chi connectivity index (χ0) is 17.5. The molecule has 1 aromatic heterocycles. The van der Waals surface area contributed by atoms with Gasteiger partial charge in [-0.1, -0.05) is 6.07 Å². The second-order valence-corrected chi connectivity index (χ2v) is 6.65. The lowest BCUT2D eigenvalue weighted by molar-refractivity contribution is -0.123. The molecule has 0 saturated carbocycles. The Bertz CT molecular complexity index is 666. The number of nitrogens with one attached hydrogen (secondary N) is 1. The minimum absolute atomic E-state index is 0.00240. The van der Waals surface area contributed by atoms with E-state index >= 15 is 0 Å². The van der Waals surface area contributed by atoms with Crippen LogP contribution in [0.2, 0.25) is 0 Å². The van der Waals surface area contributed by atoms with Gasteiger partial charge >= 0.3 is 0 Å². The first-order valence-corrected chi connectivity index (χ1v) is 8.55. The normalized spacial score (nSPS) is 12.0. The first kappa shape index (κ1) is 18.2. The summed E-state index contributed by atoms with van der Waals surface area (Å²) >= 11 is 1.67. The molecule has 1 amide bonds. The highest BCUT2D eigenvalue weighted by atomic mass is 32.1. The van der Waals surface area contributed by atoms with Crippen LogP contribution in [0.3, 0.4) is 0 Å². The zero-order valence-corrected chi connectivity index (χ0v) is 14.9. The van der Waals surface area contributed by atoms with Gasteiger partial charge in [0.2, 0.25) is 0 Å². The monoisotopic (exact) mass is 346 g/mol. The minimum atomic E-state index is -0.172. The number of nitrogens with zero attached hydrogens (tertiary/aromatic N) is 1. The van der Waals surface area contributed by atoms with Gasteiger partial charge in [-0.2, -0.15) is 0 Å². The van der Waals surface area contributed by atoms with E-state index in [1.165, 1.54) is 11.8 Å². The van der Waals surface area contributed by atoms with Gasteiger partial charge in [0, 0.05) is 17.0 Å². The Morgan fingerprint density at radius 2 is 1.92 bits per heavy atom. The highest BCUT2D eigenvalue weighted by Gasteiger charge is 2.16. The molecule has 0 aliphatic rings. The number of amides is 1. The second kappa shape index (κ2) is 8.61. The summed E-state index contributed by atoms with van der Waals surface area (Å²) in [4.78, 5) is 26.5. The van der Waals surface area contributed by atoms with Crippen molar-refractivity contribution in [3.8, 4) is 5.75 Å². The smallest absolute Gasteiger partial charge is 0.258 e. The third kappa shape index (κ3) is 5.18. The Labute approximate surface area is 146 Å². The lowest BCUT2D eigenvalue weighted by Crippen LogP contribution is -2.36. The number of hydrogen-bond donors (Lipinski definition) is 1. The number of ether oxygens (including phenoxy) is 1. The molecule has 0 aliphatic carbocycles. The number of likely N-dealkylation sites (N-methyl/N-ethyl adjacent to an activating group) is 1. The summed E-state index contributed by atoms with van der Waals surface area (Å²) in [6.07, 6.45) is 0. The largest absolute Gasteiger partial charge is 0.484 e. The molecular weight excluding hydrogens is 324 g/mol. The SMILES string of the molecule is CC(=O)c1ccc(OCC(=O)NCC(c2cccs2)N(C)C)cc1. The van der Waals surface area contributed by atoms with Gasteiger partial charge in [0.25, 0.3) is 5.91 Å². The summed E-state index contributed by atoms with van der Waals surface area (Å²) < 4.78 is 5.45. The minimum Gasteiger partial charge on any atom is -0.484 e. The average molecular weight is 346 g/mol. The van der Waals surface area contributed by atoms with E-state index in [1.807, 2.05) is 25.5 Å². The Balaban J connectivity index is 1.81. The van der Waals surface area contributed by atoms with Gasteiger partial charge in [-0.05, 0) is 56.7 Å². The molecule has 0 saturated heterocycles. The molecular formula is C18H22N2O3S. The van der Waals surface area contributed by atoms with Gasteiger partial charge in [-0.3, -0.25) is 9.59 Å². The maximum Gasteiger partial charge on any atom is 0.258 e. The Hall–Kier alpha value is -2.18. The Morgan fingerprint density at radius 1 is 1.21 bits per heavy atom. The molecule has 6 heteroatoms. The van der Waals surface area contributed by atoms with Crippen molar-refractivity contribution in [1.29, 1.82) is 0 Å². The van der Waals surface area contributed by atoms with Crippen LogP contribution in [0, 0.1) is 0 Å². The number of benzene rings is 1. The van der Waals surface area contributed by atoms with Crippen LogP contribution in [0.1, 0.15) is 28.2 Å². The molecule has 0 spiro atoms. The Kier molecular flexibility index (Phi) is 6.52. The van der Waals surface area contributed by atoms with Gasteiger partial charge in [-0.15, -0.1) is 11.3 Å². The predicted octanol–water partition coefficient (Wildman–Crippen LogP) is 2.75. The van der Waals surface area contributed by atoms with Crippen LogP contribution in [-0.2, 0) is 4.79 Å². The zero-order valence-electron chi connectivity index (χ0n) is 14.1. The van der Waals surface area contributed by atoms with Gasteiger partial charge in [0.15, 0.2) is 12.4 Å². The summed E-state index contributed by atoms with van der Waals surface area (Å²) in [6.45, 7) is 1.99. The van der Waals surface area contributed by atoms with E-state index in [0.717, 1.165) is 0 Å². The number of rotatable bonds is 8. The molecule has 0 fully saturated rings. The number of Topliss-reactive ketones (excluding diaryl/α,β-unsaturated/α-hetero) is 1. The van der Waals surface area contributed by atoms with E-state index in [9.17, 15) is 9.59 Å². The molecule has 0 radical (unpaired) electrons. The van der Waals surface area contributed by atoms with Gasteiger partial charge in [0.05, 0.1) is 6.04 Å². The summed E-state index contributed by atoms with van der Waals surface area (Å²) in [7, 11) is 3.98. The molecule has 0 aliphatic heterocycles. The van der Waals surface area contributed by atoms with Gasteiger partial charge in [-0.25, -0.2) is 0 Å². The van der Waals surface area contributed by atoms with Crippen molar-refractivity contribution in [3.63, 3.8) is 0 Å². The van der Waals surface area contributed by atoms with Crippen molar-refractivity contribution in [1.82, 2.24) is 10.2 Å². The molecule has 1 heterocycles. The van der Waals surface area contributed by atoms with E-state index in [1.54, 1.807) is 35.6 Å². The summed E-state index contributed by atoms with van der Waals surface area (Å²) in [5.41, 5.74) is 0.622. The number of ketones is 1. The summed E-state index contributed by atoms with van der Waals surface area (Å²) in [5, 5.41) is 4.93. The first-order chi connectivity index (χ1) is 11.5. The fourth-order valence-corrected chi connectivity index (χ4v) is 3.14. The van der Waals surface area contributed by atoms with Crippen molar-refractivity contribution in [2.75, 3.05) is 27.2 Å². The van der Waals surface area contributed by atoms with Crippen molar-refractivity contribution in [3.05, 3.63) is 52.2 Å². The summed E-state index contributed by atoms with van der Waals surface area (Å²) in [5.74, 6) is 0.397. The first-order valence-electron chi connectivity index (χ1n) is 7.67. The molecule has 1 atom stereocenters. The molecule has 2 aromatic rings. The molecule has 128 valence electrons. The van der Waals surface area contributed by atoms with Crippen LogP contribution in [0.15, 0.2) is 41.8 Å². The van der Waals surface area contributed by atoms with Crippen LogP contribution in [0.25, 0.3) is 0 Å². The van der Waals surface area contributed by atoms with E-state index < -0.39 is 0 Å². The summed E-state index contributed by atoms with van der Waals surface area (Å²) in [6, 6.07) is 11.0.